The van der Waals surface area contributed by atoms with Gasteiger partial charge in [-0.25, -0.2) is 31.7 Å². The van der Waals surface area contributed by atoms with Gasteiger partial charge < -0.3 is 0 Å². The second-order valence-corrected chi connectivity index (χ2v) is 4.34. The Labute approximate surface area is 87.9 Å². The summed E-state index contributed by atoms with van der Waals surface area (Å²) in [5.74, 6) is -1.39. The second-order valence-electron chi connectivity index (χ2n) is 2.48. The first-order valence-corrected chi connectivity index (χ1v) is 5.32. The number of pyridine rings is 1. The number of alkyl halides is 2. The van der Waals surface area contributed by atoms with Crippen LogP contribution in [-0.2, 0) is 10.0 Å². The molecule has 84 valence electrons. The molecule has 4 nitrogen and oxygen atoms in total. The Hall–Kier alpha value is -0.860. The Balaban J connectivity index is 3.56. The van der Waals surface area contributed by atoms with Gasteiger partial charge in [0.25, 0.3) is 16.4 Å². The fourth-order valence-corrected chi connectivity index (χ4v) is 1.96. The number of nitrogens with two attached hydrogens (primary N) is 1. The molecular formula is C6H4ClF3N2O2S. The molecule has 1 aromatic heterocycles. The third-order valence-electron chi connectivity index (χ3n) is 1.46. The zero-order chi connectivity index (χ0) is 11.8. The molecule has 1 rings (SSSR count). The molecule has 0 fully saturated rings. The Bertz CT molecular complexity index is 491. The second kappa shape index (κ2) is 3.95. The van der Waals surface area contributed by atoms with Crippen molar-refractivity contribution in [2.45, 2.75) is 11.5 Å². The molecule has 0 amide bonds. The topological polar surface area (TPSA) is 73.1 Å². The van der Waals surface area contributed by atoms with Crippen LogP contribution >= 0.6 is 11.6 Å². The number of nitrogens with zero attached hydrogens (tertiary/aromatic N) is 1. The summed E-state index contributed by atoms with van der Waals surface area (Å²) in [5, 5.41) is 2.67. The molecule has 1 heterocycles. The van der Waals surface area contributed by atoms with Gasteiger partial charge in [-0.1, -0.05) is 11.6 Å². The Morgan fingerprint density at radius 2 is 2.00 bits per heavy atom. The van der Waals surface area contributed by atoms with Crippen LogP contribution in [0.1, 0.15) is 12.0 Å². The van der Waals surface area contributed by atoms with E-state index in [2.05, 4.69) is 10.1 Å². The molecule has 0 saturated carbocycles. The smallest absolute Gasteiger partial charge is 0.239 e. The van der Waals surface area contributed by atoms with Gasteiger partial charge in [-0.15, -0.1) is 0 Å². The van der Waals surface area contributed by atoms with Gasteiger partial charge in [0.2, 0.25) is 0 Å². The standard InChI is InChI=1S/C6H4ClF3N2O2S/c7-4-3(5(9)10)2(8)1-12-6(4)15(11,13)14/h1,5H,(H2,11,13,14). The normalized spacial score (nSPS) is 12.1. The SMILES string of the molecule is NS(=O)(=O)c1ncc(F)c(C(F)F)c1Cl. The number of hydrogen-bond acceptors (Lipinski definition) is 3. The third-order valence-corrected chi connectivity index (χ3v) is 2.81. The van der Waals surface area contributed by atoms with Gasteiger partial charge in [0.05, 0.1) is 16.8 Å². The van der Waals surface area contributed by atoms with Crippen LogP contribution in [0.25, 0.3) is 0 Å². The minimum atomic E-state index is -4.35. The van der Waals surface area contributed by atoms with Crippen LogP contribution < -0.4 is 5.14 Å². The highest BCUT2D eigenvalue weighted by atomic mass is 35.5. The van der Waals surface area contributed by atoms with Crippen LogP contribution in [0.4, 0.5) is 13.2 Å². The van der Waals surface area contributed by atoms with Crippen molar-refractivity contribution in [3.8, 4) is 0 Å². The molecule has 0 aliphatic heterocycles. The van der Waals surface area contributed by atoms with Crippen LogP contribution in [0.5, 0.6) is 0 Å². The summed E-state index contributed by atoms with van der Waals surface area (Å²) in [6, 6.07) is 0. The monoisotopic (exact) mass is 260 g/mol. The first kappa shape index (κ1) is 12.2. The number of halogens is 4. The number of hydrogen-bond donors (Lipinski definition) is 1. The average Bonchev–Trinajstić information content (AvgIpc) is 2.00. The molecule has 1 aromatic rings. The van der Waals surface area contributed by atoms with Gasteiger partial charge in [-0.3, -0.25) is 0 Å². The van der Waals surface area contributed by atoms with E-state index in [1.165, 1.54) is 0 Å². The highest BCUT2D eigenvalue weighted by Crippen LogP contribution is 2.32. The fourth-order valence-electron chi connectivity index (χ4n) is 0.860. The van der Waals surface area contributed by atoms with Gasteiger partial charge in [0.15, 0.2) is 10.8 Å². The Morgan fingerprint density at radius 1 is 1.47 bits per heavy atom. The van der Waals surface area contributed by atoms with Crippen LogP contribution in [0, 0.1) is 5.82 Å². The van der Waals surface area contributed by atoms with Crippen molar-refractivity contribution < 1.29 is 21.6 Å². The zero-order valence-corrected chi connectivity index (χ0v) is 8.49. The first-order chi connectivity index (χ1) is 6.75. The lowest BCUT2D eigenvalue weighted by atomic mass is 10.3. The summed E-state index contributed by atoms with van der Waals surface area (Å²) in [6.07, 6.45) is -2.92. The highest BCUT2D eigenvalue weighted by Gasteiger charge is 2.25. The summed E-state index contributed by atoms with van der Waals surface area (Å²) >= 11 is 5.25. The van der Waals surface area contributed by atoms with Gasteiger partial charge in [-0.05, 0) is 0 Å². The third kappa shape index (κ3) is 2.39. The predicted octanol–water partition coefficient (Wildman–Crippen LogP) is 1.46. The summed E-state index contributed by atoms with van der Waals surface area (Å²) < 4.78 is 59.0. The zero-order valence-electron chi connectivity index (χ0n) is 6.92. The van der Waals surface area contributed by atoms with E-state index in [9.17, 15) is 21.6 Å². The van der Waals surface area contributed by atoms with Crippen LogP contribution in [0.2, 0.25) is 5.02 Å². The molecule has 0 radical (unpaired) electrons. The van der Waals surface area contributed by atoms with E-state index in [1.54, 1.807) is 0 Å². The van der Waals surface area contributed by atoms with Gasteiger partial charge in [-0.2, -0.15) is 0 Å². The molecule has 0 bridgehead atoms. The van der Waals surface area contributed by atoms with E-state index in [1.807, 2.05) is 0 Å². The van der Waals surface area contributed by atoms with Gasteiger partial charge >= 0.3 is 0 Å². The van der Waals surface area contributed by atoms with Crippen LogP contribution in [0.3, 0.4) is 0 Å². The molecular weight excluding hydrogens is 257 g/mol. The molecule has 0 unspecified atom stereocenters. The lowest BCUT2D eigenvalue weighted by Gasteiger charge is -2.07. The van der Waals surface area contributed by atoms with Crippen LogP contribution in [0.15, 0.2) is 11.2 Å². The molecule has 0 spiro atoms. The molecule has 0 aromatic carbocycles. The summed E-state index contributed by atoms with van der Waals surface area (Å²) in [6.45, 7) is 0. The quantitative estimate of drug-likeness (QED) is 0.875. The minimum Gasteiger partial charge on any atom is -0.239 e. The van der Waals surface area contributed by atoms with Crippen molar-refractivity contribution >= 4 is 21.6 Å². The highest BCUT2D eigenvalue weighted by molar-refractivity contribution is 7.89. The fraction of sp³-hybridized carbons (Fsp3) is 0.167. The van der Waals surface area contributed by atoms with Crippen molar-refractivity contribution in [2.75, 3.05) is 0 Å². The van der Waals surface area contributed by atoms with Gasteiger partial charge in [0.1, 0.15) is 0 Å². The van der Waals surface area contributed by atoms with Crippen LogP contribution in [-0.4, -0.2) is 13.4 Å². The molecule has 2 N–H and O–H groups in total. The maximum atomic E-state index is 12.8. The summed E-state index contributed by atoms with van der Waals surface area (Å²) in [7, 11) is -4.35. The summed E-state index contributed by atoms with van der Waals surface area (Å²) in [4.78, 5) is 3.04. The molecule has 0 aliphatic rings. The molecule has 9 heteroatoms. The van der Waals surface area contributed by atoms with E-state index in [-0.39, 0.29) is 0 Å². The van der Waals surface area contributed by atoms with Gasteiger partial charge in [0, 0.05) is 0 Å². The van der Waals surface area contributed by atoms with E-state index in [0.29, 0.717) is 6.20 Å². The maximum Gasteiger partial charge on any atom is 0.268 e. The number of aromatic nitrogens is 1. The van der Waals surface area contributed by atoms with E-state index >= 15 is 0 Å². The Kier molecular flexibility index (Phi) is 3.22. The van der Waals surface area contributed by atoms with Crippen molar-refractivity contribution in [3.05, 3.63) is 22.6 Å². The first-order valence-electron chi connectivity index (χ1n) is 3.40. The number of primary sulfonamides is 1. The lowest BCUT2D eigenvalue weighted by molar-refractivity contribution is 0.146. The Morgan fingerprint density at radius 3 is 2.40 bits per heavy atom. The maximum absolute atomic E-state index is 12.8. The molecule has 15 heavy (non-hydrogen) atoms. The molecule has 0 saturated heterocycles. The number of rotatable bonds is 2. The van der Waals surface area contributed by atoms with E-state index < -0.39 is 37.9 Å². The number of sulfonamides is 1. The van der Waals surface area contributed by atoms with E-state index in [4.69, 9.17) is 11.6 Å². The largest absolute Gasteiger partial charge is 0.268 e. The van der Waals surface area contributed by atoms with Crippen molar-refractivity contribution in [1.29, 1.82) is 0 Å². The molecule has 0 atom stereocenters. The van der Waals surface area contributed by atoms with E-state index in [0.717, 1.165) is 0 Å². The molecule has 0 aliphatic carbocycles. The minimum absolute atomic E-state index is 0.327. The van der Waals surface area contributed by atoms with Crippen molar-refractivity contribution in [2.24, 2.45) is 5.14 Å². The van der Waals surface area contributed by atoms with Crippen molar-refractivity contribution in [3.63, 3.8) is 0 Å². The van der Waals surface area contributed by atoms with Crippen molar-refractivity contribution in [1.82, 2.24) is 4.98 Å². The predicted molar refractivity (Wildman–Crippen MR) is 45.5 cm³/mol. The average molecular weight is 261 g/mol. The lowest BCUT2D eigenvalue weighted by Crippen LogP contribution is -2.16. The summed E-state index contributed by atoms with van der Waals surface area (Å²) in [5.41, 5.74) is -1.23.